The molecule has 0 aromatic carbocycles. The van der Waals surface area contributed by atoms with Crippen LogP contribution in [0.2, 0.25) is 0 Å². The van der Waals surface area contributed by atoms with Crippen molar-refractivity contribution in [3.8, 4) is 0 Å². The standard InChI is InChI=1S/C6H12.Pd/c1-3-5-6-4-2;/h1H,3-6H2,2H3;. The Balaban J connectivity index is 2.56. The summed E-state index contributed by atoms with van der Waals surface area (Å²) in [7, 11) is 0. The first kappa shape index (κ1) is 7.53. The molecule has 0 amide bonds. The molecule has 0 aliphatic carbocycles. The van der Waals surface area contributed by atoms with Crippen LogP contribution in [0.5, 0.6) is 0 Å². The van der Waals surface area contributed by atoms with E-state index >= 15 is 0 Å². The molecule has 0 rings (SSSR count). The molecule has 0 aliphatic rings. The molecule has 0 nitrogen and oxygen atoms in total. The van der Waals surface area contributed by atoms with E-state index in [9.17, 15) is 0 Å². The molecule has 0 fully saturated rings. The summed E-state index contributed by atoms with van der Waals surface area (Å²) in [4.78, 5) is 0. The zero-order chi connectivity index (χ0) is 5.54. The molecule has 0 bridgehead atoms. The molecular weight excluding hydrogens is 178 g/mol. The van der Waals surface area contributed by atoms with Gasteiger partial charge in [-0.25, -0.2) is 0 Å². The van der Waals surface area contributed by atoms with Crippen molar-refractivity contribution in [1.29, 1.82) is 0 Å². The summed E-state index contributed by atoms with van der Waals surface area (Å²) in [5.41, 5.74) is 0. The molecule has 1 heteroatoms. The van der Waals surface area contributed by atoms with Crippen molar-refractivity contribution in [2.45, 2.75) is 32.6 Å². The molecule has 0 N–H and O–H groups in total. The zero-order valence-corrected chi connectivity index (χ0v) is 6.28. The fourth-order valence-corrected chi connectivity index (χ4v) is 0.776. The van der Waals surface area contributed by atoms with Crippen LogP contribution in [0.15, 0.2) is 0 Å². The van der Waals surface area contributed by atoms with Gasteiger partial charge in [0.15, 0.2) is 0 Å². The van der Waals surface area contributed by atoms with Crippen LogP contribution in [-0.2, 0) is 18.7 Å². The van der Waals surface area contributed by atoms with Gasteiger partial charge in [0.05, 0.1) is 0 Å². The topological polar surface area (TPSA) is 0 Å². The summed E-state index contributed by atoms with van der Waals surface area (Å²) in [5.74, 6) is 0. The van der Waals surface area contributed by atoms with Crippen LogP contribution < -0.4 is 0 Å². The fourth-order valence-electron chi connectivity index (χ4n) is 0.459. The van der Waals surface area contributed by atoms with Crippen molar-refractivity contribution in [2.75, 3.05) is 0 Å². The third-order valence-corrected chi connectivity index (χ3v) is 1.35. The summed E-state index contributed by atoms with van der Waals surface area (Å²) < 4.78 is 2.08. The second-order valence-electron chi connectivity index (χ2n) is 1.62. The quantitative estimate of drug-likeness (QED) is 0.469. The van der Waals surface area contributed by atoms with E-state index in [0.717, 1.165) is 0 Å². The average molecular weight is 191 g/mol. The van der Waals surface area contributed by atoms with Gasteiger partial charge < -0.3 is 0 Å². The number of hydrogen-bond acceptors (Lipinski definition) is 0. The second kappa shape index (κ2) is 6.53. The van der Waals surface area contributed by atoms with Crippen LogP contribution >= 0.6 is 0 Å². The Labute approximate surface area is 56.2 Å². The van der Waals surface area contributed by atoms with Crippen LogP contribution in [0.4, 0.5) is 0 Å². The van der Waals surface area contributed by atoms with E-state index in [1.165, 1.54) is 25.7 Å². The summed E-state index contributed by atoms with van der Waals surface area (Å²) in [6.45, 7) is 2.22. The van der Waals surface area contributed by atoms with Gasteiger partial charge in [0.2, 0.25) is 0 Å². The Morgan fingerprint density at radius 1 is 1.43 bits per heavy atom. The average Bonchev–Trinajstić information content (AvgIpc) is 1.69. The van der Waals surface area contributed by atoms with E-state index in [4.69, 9.17) is 0 Å². The first-order valence-electron chi connectivity index (χ1n) is 2.80. The van der Waals surface area contributed by atoms with Crippen LogP contribution in [-0.4, -0.2) is 4.49 Å². The van der Waals surface area contributed by atoms with Gasteiger partial charge in [-0.1, -0.05) is 0 Å². The maximum absolute atomic E-state index is 3.03. The number of unbranched alkanes of at least 4 members (excludes halogenated alkanes) is 3. The van der Waals surface area contributed by atoms with Crippen molar-refractivity contribution in [3.63, 3.8) is 0 Å². The fraction of sp³-hybridized carbons (Fsp3) is 0.833. The molecule has 0 unspecified atom stereocenters. The molecule has 0 aromatic heterocycles. The summed E-state index contributed by atoms with van der Waals surface area (Å²) in [5, 5.41) is 0. The Bertz CT molecular complexity index is 41.4. The van der Waals surface area contributed by atoms with Crippen LogP contribution in [0.25, 0.3) is 0 Å². The zero-order valence-electron chi connectivity index (χ0n) is 4.72. The molecule has 0 aromatic rings. The van der Waals surface area contributed by atoms with Crippen molar-refractivity contribution in [2.24, 2.45) is 0 Å². The SMILES string of the molecule is CCCCC[CH]=[Pd]. The van der Waals surface area contributed by atoms with Gasteiger partial charge in [0, 0.05) is 0 Å². The summed E-state index contributed by atoms with van der Waals surface area (Å²) in [6.07, 6.45) is 5.27. The second-order valence-corrected chi connectivity index (χ2v) is 2.26. The monoisotopic (exact) mass is 190 g/mol. The first-order valence-corrected chi connectivity index (χ1v) is 3.70. The van der Waals surface area contributed by atoms with E-state index in [2.05, 4.69) is 30.2 Å². The van der Waals surface area contributed by atoms with E-state index in [-0.39, 0.29) is 0 Å². The van der Waals surface area contributed by atoms with E-state index in [1.807, 2.05) is 0 Å². The third-order valence-electron chi connectivity index (χ3n) is 0.899. The molecule has 0 radical (unpaired) electrons. The molecule has 46 valence electrons. The summed E-state index contributed by atoms with van der Waals surface area (Å²) >= 11 is 3.03. The minimum absolute atomic E-state index is 1.23. The van der Waals surface area contributed by atoms with Gasteiger partial charge in [0.1, 0.15) is 0 Å². The third kappa shape index (κ3) is 6.53. The molecular formula is C6H12Pd. The molecule has 0 atom stereocenters. The van der Waals surface area contributed by atoms with Gasteiger partial charge in [-0.3, -0.25) is 0 Å². The van der Waals surface area contributed by atoms with Crippen LogP contribution in [0, 0.1) is 0 Å². The molecule has 0 spiro atoms. The normalized spacial score (nSPS) is 9.00. The van der Waals surface area contributed by atoms with E-state index in [0.29, 0.717) is 0 Å². The molecule has 0 saturated carbocycles. The van der Waals surface area contributed by atoms with Crippen LogP contribution in [0.3, 0.4) is 0 Å². The minimum atomic E-state index is 1.23. The van der Waals surface area contributed by atoms with E-state index in [1.54, 1.807) is 0 Å². The number of rotatable bonds is 4. The molecule has 0 saturated heterocycles. The van der Waals surface area contributed by atoms with E-state index < -0.39 is 0 Å². The van der Waals surface area contributed by atoms with Crippen LogP contribution in [0.1, 0.15) is 32.6 Å². The van der Waals surface area contributed by atoms with Gasteiger partial charge in [-0.05, 0) is 0 Å². The van der Waals surface area contributed by atoms with Crippen molar-refractivity contribution in [3.05, 3.63) is 0 Å². The van der Waals surface area contributed by atoms with Gasteiger partial charge in [-0.2, -0.15) is 0 Å². The van der Waals surface area contributed by atoms with Gasteiger partial charge in [-0.15, -0.1) is 0 Å². The van der Waals surface area contributed by atoms with Crippen molar-refractivity contribution >= 4 is 4.49 Å². The van der Waals surface area contributed by atoms with Gasteiger partial charge >= 0.3 is 55.8 Å². The van der Waals surface area contributed by atoms with Gasteiger partial charge in [0.25, 0.3) is 0 Å². The van der Waals surface area contributed by atoms with Crippen molar-refractivity contribution in [1.82, 2.24) is 0 Å². The van der Waals surface area contributed by atoms with Crippen molar-refractivity contribution < 1.29 is 18.7 Å². The molecule has 0 aliphatic heterocycles. The predicted octanol–water partition coefficient (Wildman–Crippen LogP) is 1.92. The first-order chi connectivity index (χ1) is 3.41. The Kier molecular flexibility index (Phi) is 7.03. The molecule has 7 heavy (non-hydrogen) atoms. The number of hydrogen-bond donors (Lipinski definition) is 0. The predicted molar refractivity (Wildman–Crippen MR) is 30.2 cm³/mol. The Morgan fingerprint density at radius 2 is 2.14 bits per heavy atom. The Morgan fingerprint density at radius 3 is 2.57 bits per heavy atom. The Hall–Kier alpha value is 0.532. The summed E-state index contributed by atoms with van der Waals surface area (Å²) in [6, 6.07) is 0. The maximum atomic E-state index is 3.03. The molecule has 0 heterocycles.